The molecule has 0 fully saturated rings. The molecule has 0 aliphatic carbocycles. The minimum Gasteiger partial charge on any atom is -0.343 e. The van der Waals surface area contributed by atoms with E-state index in [1.807, 2.05) is 18.7 Å². The highest BCUT2D eigenvalue weighted by molar-refractivity contribution is 6.34. The third-order valence-electron chi connectivity index (χ3n) is 3.08. The van der Waals surface area contributed by atoms with E-state index in [-0.39, 0.29) is 24.5 Å². The Kier molecular flexibility index (Phi) is 7.31. The van der Waals surface area contributed by atoms with Crippen molar-refractivity contribution >= 4 is 23.3 Å². The van der Waals surface area contributed by atoms with E-state index in [0.717, 1.165) is 25.9 Å². The van der Waals surface area contributed by atoms with Crippen LogP contribution >= 0.6 is 11.6 Å². The zero-order chi connectivity index (χ0) is 15.0. The van der Waals surface area contributed by atoms with Crippen molar-refractivity contribution in [1.29, 1.82) is 0 Å². The number of halogens is 1. The van der Waals surface area contributed by atoms with Crippen LogP contribution in [-0.4, -0.2) is 29.7 Å². The highest BCUT2D eigenvalue weighted by atomic mass is 35.5. The number of hydrogen-bond acceptors (Lipinski definition) is 2. The number of hydrogen-bond donors (Lipinski definition) is 0. The normalized spacial score (nSPS) is 10.3. The summed E-state index contributed by atoms with van der Waals surface area (Å²) in [6.07, 6.45) is 2.34. The summed E-state index contributed by atoms with van der Waals surface area (Å²) in [7, 11) is 0. The van der Waals surface area contributed by atoms with Gasteiger partial charge in [-0.3, -0.25) is 9.59 Å². The van der Waals surface area contributed by atoms with Gasteiger partial charge in [0.15, 0.2) is 5.78 Å². The molecule has 0 bridgehead atoms. The minimum absolute atomic E-state index is 0.0501. The zero-order valence-corrected chi connectivity index (χ0v) is 12.9. The summed E-state index contributed by atoms with van der Waals surface area (Å²) in [4.78, 5) is 26.0. The molecule has 1 aromatic rings. The Morgan fingerprint density at radius 1 is 1.05 bits per heavy atom. The van der Waals surface area contributed by atoms with Crippen LogP contribution < -0.4 is 0 Å². The molecule has 110 valence electrons. The zero-order valence-electron chi connectivity index (χ0n) is 12.2. The van der Waals surface area contributed by atoms with E-state index in [2.05, 4.69) is 0 Å². The molecule has 1 rings (SSSR count). The van der Waals surface area contributed by atoms with Crippen molar-refractivity contribution in [3.63, 3.8) is 0 Å². The van der Waals surface area contributed by atoms with E-state index in [4.69, 9.17) is 11.6 Å². The molecule has 0 saturated carbocycles. The molecular formula is C16H22ClNO2. The van der Waals surface area contributed by atoms with Gasteiger partial charge in [-0.2, -0.15) is 0 Å². The largest absolute Gasteiger partial charge is 0.343 e. The highest BCUT2D eigenvalue weighted by Crippen LogP contribution is 2.17. The molecule has 3 nitrogen and oxygen atoms in total. The molecule has 0 radical (unpaired) electrons. The van der Waals surface area contributed by atoms with Crippen LogP contribution in [0.2, 0.25) is 5.02 Å². The average Bonchev–Trinajstić information content (AvgIpc) is 2.44. The Balaban J connectivity index is 2.55. The first kappa shape index (κ1) is 16.7. The fourth-order valence-corrected chi connectivity index (χ4v) is 2.34. The van der Waals surface area contributed by atoms with Crippen LogP contribution in [0.5, 0.6) is 0 Å². The van der Waals surface area contributed by atoms with Crippen LogP contribution in [0.25, 0.3) is 0 Å². The monoisotopic (exact) mass is 295 g/mol. The van der Waals surface area contributed by atoms with Gasteiger partial charge >= 0.3 is 0 Å². The van der Waals surface area contributed by atoms with Crippen molar-refractivity contribution < 1.29 is 9.59 Å². The number of benzene rings is 1. The molecule has 4 heteroatoms. The van der Waals surface area contributed by atoms with Gasteiger partial charge in [0, 0.05) is 31.5 Å². The maximum absolute atomic E-state index is 12.1. The maximum atomic E-state index is 12.1. The fraction of sp³-hybridized carbons (Fsp3) is 0.500. The van der Waals surface area contributed by atoms with Gasteiger partial charge in [0.25, 0.3) is 0 Å². The van der Waals surface area contributed by atoms with Gasteiger partial charge in [-0.05, 0) is 25.0 Å². The van der Waals surface area contributed by atoms with Crippen molar-refractivity contribution in [2.24, 2.45) is 0 Å². The number of Topliss-reactive ketones (excluding diaryl/α,β-unsaturated/α-hetero) is 1. The molecule has 0 unspecified atom stereocenters. The second kappa shape index (κ2) is 8.75. The molecule has 0 aromatic heterocycles. The molecule has 1 amide bonds. The number of rotatable bonds is 8. The standard InChI is InChI=1S/C16H22ClNO2/c1-3-11-18(12-4-2)16(20)10-9-15(19)13-7-5-6-8-14(13)17/h5-8H,3-4,9-12H2,1-2H3. The van der Waals surface area contributed by atoms with Crippen LogP contribution in [0.3, 0.4) is 0 Å². The van der Waals surface area contributed by atoms with Crippen LogP contribution in [-0.2, 0) is 4.79 Å². The molecule has 0 heterocycles. The summed E-state index contributed by atoms with van der Waals surface area (Å²) < 4.78 is 0. The second-order valence-electron chi connectivity index (χ2n) is 4.78. The molecule has 0 aliphatic heterocycles. The molecule has 1 aromatic carbocycles. The van der Waals surface area contributed by atoms with E-state index < -0.39 is 0 Å². The van der Waals surface area contributed by atoms with Crippen LogP contribution in [0.1, 0.15) is 49.9 Å². The third-order valence-corrected chi connectivity index (χ3v) is 3.41. The van der Waals surface area contributed by atoms with Crippen LogP contribution in [0.15, 0.2) is 24.3 Å². The summed E-state index contributed by atoms with van der Waals surface area (Å²) in [5.74, 6) is -0.0222. The second-order valence-corrected chi connectivity index (χ2v) is 5.19. The van der Waals surface area contributed by atoms with E-state index in [1.54, 1.807) is 24.3 Å². The number of ketones is 1. The minimum atomic E-state index is -0.0723. The molecule has 20 heavy (non-hydrogen) atoms. The molecule has 0 aliphatic rings. The quantitative estimate of drug-likeness (QED) is 0.681. The number of carbonyl (C=O) groups is 2. The SMILES string of the molecule is CCCN(CCC)C(=O)CCC(=O)c1ccccc1Cl. The fourth-order valence-electron chi connectivity index (χ4n) is 2.10. The summed E-state index contributed by atoms with van der Waals surface area (Å²) in [6, 6.07) is 6.96. The third kappa shape index (κ3) is 4.97. The molecule has 0 spiro atoms. The summed E-state index contributed by atoms with van der Waals surface area (Å²) >= 11 is 5.98. The first-order valence-corrected chi connectivity index (χ1v) is 7.53. The van der Waals surface area contributed by atoms with Gasteiger partial charge in [-0.1, -0.05) is 37.6 Å². The van der Waals surface area contributed by atoms with Crippen molar-refractivity contribution in [3.05, 3.63) is 34.9 Å². The van der Waals surface area contributed by atoms with Gasteiger partial charge in [0.05, 0.1) is 5.02 Å². The van der Waals surface area contributed by atoms with Gasteiger partial charge in [-0.15, -0.1) is 0 Å². The lowest BCUT2D eigenvalue weighted by molar-refractivity contribution is -0.131. The molecule has 0 N–H and O–H groups in total. The Morgan fingerprint density at radius 2 is 1.65 bits per heavy atom. The Hall–Kier alpha value is -1.35. The van der Waals surface area contributed by atoms with Gasteiger partial charge < -0.3 is 4.90 Å². The topological polar surface area (TPSA) is 37.4 Å². The number of amides is 1. The molecule has 0 atom stereocenters. The molecular weight excluding hydrogens is 274 g/mol. The number of nitrogens with zero attached hydrogens (tertiary/aromatic N) is 1. The van der Waals surface area contributed by atoms with Crippen molar-refractivity contribution in [2.45, 2.75) is 39.5 Å². The first-order chi connectivity index (χ1) is 9.60. The average molecular weight is 296 g/mol. The smallest absolute Gasteiger partial charge is 0.223 e. The van der Waals surface area contributed by atoms with Crippen LogP contribution in [0.4, 0.5) is 0 Å². The van der Waals surface area contributed by atoms with Crippen LogP contribution in [0, 0.1) is 0 Å². The summed E-state index contributed by atoms with van der Waals surface area (Å²) in [6.45, 7) is 5.61. The van der Waals surface area contributed by atoms with Gasteiger partial charge in [0.1, 0.15) is 0 Å². The van der Waals surface area contributed by atoms with Gasteiger partial charge in [-0.25, -0.2) is 0 Å². The van der Waals surface area contributed by atoms with E-state index in [1.165, 1.54) is 0 Å². The Bertz CT molecular complexity index is 454. The Labute approximate surface area is 125 Å². The predicted octanol–water partition coefficient (Wildman–Crippen LogP) is 3.95. The number of carbonyl (C=O) groups excluding carboxylic acids is 2. The van der Waals surface area contributed by atoms with Gasteiger partial charge in [0.2, 0.25) is 5.91 Å². The van der Waals surface area contributed by atoms with Crippen molar-refractivity contribution in [1.82, 2.24) is 4.90 Å². The first-order valence-electron chi connectivity index (χ1n) is 7.15. The lowest BCUT2D eigenvalue weighted by Crippen LogP contribution is -2.32. The Morgan fingerprint density at radius 3 is 2.20 bits per heavy atom. The van der Waals surface area contributed by atoms with Crippen molar-refractivity contribution in [2.75, 3.05) is 13.1 Å². The van der Waals surface area contributed by atoms with Crippen molar-refractivity contribution in [3.8, 4) is 0 Å². The summed E-state index contributed by atoms with van der Waals surface area (Å²) in [5, 5.41) is 0.448. The van der Waals surface area contributed by atoms with E-state index in [9.17, 15) is 9.59 Å². The summed E-state index contributed by atoms with van der Waals surface area (Å²) in [5.41, 5.74) is 0.500. The lowest BCUT2D eigenvalue weighted by Gasteiger charge is -2.21. The van der Waals surface area contributed by atoms with E-state index in [0.29, 0.717) is 10.6 Å². The van der Waals surface area contributed by atoms with E-state index >= 15 is 0 Å². The predicted molar refractivity (Wildman–Crippen MR) is 82.2 cm³/mol. The maximum Gasteiger partial charge on any atom is 0.223 e. The molecule has 0 saturated heterocycles. The lowest BCUT2D eigenvalue weighted by atomic mass is 10.1. The highest BCUT2D eigenvalue weighted by Gasteiger charge is 2.15.